The van der Waals surface area contributed by atoms with Gasteiger partial charge in [-0.05, 0) is 44.8 Å². The average Bonchev–Trinajstić information content (AvgIpc) is 3.12. The summed E-state index contributed by atoms with van der Waals surface area (Å²) in [6.45, 7) is 3.27. The monoisotopic (exact) mass is 305 g/mol. The van der Waals surface area contributed by atoms with Gasteiger partial charge in [0.2, 0.25) is 12.5 Å². The van der Waals surface area contributed by atoms with Gasteiger partial charge in [0.15, 0.2) is 11.5 Å². The lowest BCUT2D eigenvalue weighted by molar-refractivity contribution is 0.159. The molecule has 0 spiro atoms. The van der Waals surface area contributed by atoms with Crippen molar-refractivity contribution in [3.8, 4) is 17.2 Å². The molecule has 1 atom stereocenters. The first-order valence-electron chi connectivity index (χ1n) is 7.04. The van der Waals surface area contributed by atoms with Gasteiger partial charge in [0.05, 0.1) is 0 Å². The number of thiophene rings is 1. The summed E-state index contributed by atoms with van der Waals surface area (Å²) in [5.74, 6) is 2.21. The van der Waals surface area contributed by atoms with Crippen LogP contribution in [0.4, 0.5) is 0 Å². The number of rotatable bonds is 6. The molecule has 1 aliphatic heterocycles. The van der Waals surface area contributed by atoms with Gasteiger partial charge in [-0.15, -0.1) is 11.3 Å². The molecule has 1 aliphatic rings. The first-order chi connectivity index (χ1) is 10.3. The smallest absolute Gasteiger partial charge is 0.231 e. The van der Waals surface area contributed by atoms with Crippen LogP contribution in [0.1, 0.15) is 22.3 Å². The second kappa shape index (κ2) is 6.37. The maximum atomic E-state index is 6.22. The van der Waals surface area contributed by atoms with Crippen molar-refractivity contribution in [2.24, 2.45) is 0 Å². The summed E-state index contributed by atoms with van der Waals surface area (Å²) in [5, 5.41) is 3.18. The summed E-state index contributed by atoms with van der Waals surface area (Å²) in [7, 11) is 1.95. The van der Waals surface area contributed by atoms with E-state index in [4.69, 9.17) is 14.2 Å². The summed E-state index contributed by atoms with van der Waals surface area (Å²) < 4.78 is 17.1. The Morgan fingerprint density at radius 2 is 2.19 bits per heavy atom. The molecule has 21 heavy (non-hydrogen) atoms. The number of aryl methyl sites for hydroxylation is 1. The van der Waals surface area contributed by atoms with E-state index in [0.29, 0.717) is 5.75 Å². The standard InChI is InChI=1S/C16H19NO3S/c1-11-6-7-15(21-11)12(8-9-17-2)20-14-5-3-4-13-16(14)19-10-18-13/h3-7,12,17H,8-10H2,1-2H3/t12-/m0/s1. The van der Waals surface area contributed by atoms with Crippen LogP contribution in [0.15, 0.2) is 30.3 Å². The number of ether oxygens (including phenoxy) is 3. The molecule has 112 valence electrons. The normalized spacial score (nSPS) is 14.2. The van der Waals surface area contributed by atoms with E-state index in [2.05, 4.69) is 24.4 Å². The summed E-state index contributed by atoms with van der Waals surface area (Å²) in [6.07, 6.45) is 0.924. The molecule has 0 radical (unpaired) electrons. The maximum absolute atomic E-state index is 6.22. The number of benzene rings is 1. The molecule has 0 fully saturated rings. The number of para-hydroxylation sites is 1. The van der Waals surface area contributed by atoms with Gasteiger partial charge in [-0.1, -0.05) is 6.07 Å². The number of hydrogen-bond acceptors (Lipinski definition) is 5. The highest BCUT2D eigenvalue weighted by atomic mass is 32.1. The molecule has 1 N–H and O–H groups in total. The van der Waals surface area contributed by atoms with Crippen molar-refractivity contribution in [2.75, 3.05) is 20.4 Å². The Morgan fingerprint density at radius 1 is 1.29 bits per heavy atom. The van der Waals surface area contributed by atoms with Crippen molar-refractivity contribution in [1.82, 2.24) is 5.32 Å². The largest absolute Gasteiger partial charge is 0.481 e. The summed E-state index contributed by atoms with van der Waals surface area (Å²) in [5.41, 5.74) is 0. The Hall–Kier alpha value is -1.72. The van der Waals surface area contributed by atoms with Crippen LogP contribution in [0, 0.1) is 6.92 Å². The predicted octanol–water partition coefficient (Wildman–Crippen LogP) is 3.51. The van der Waals surface area contributed by atoms with Gasteiger partial charge in [0, 0.05) is 16.2 Å². The van der Waals surface area contributed by atoms with Gasteiger partial charge in [-0.25, -0.2) is 0 Å². The average molecular weight is 305 g/mol. The van der Waals surface area contributed by atoms with Crippen LogP contribution >= 0.6 is 11.3 Å². The highest BCUT2D eigenvalue weighted by Crippen LogP contribution is 2.43. The fraction of sp³-hybridized carbons (Fsp3) is 0.375. The third-order valence-electron chi connectivity index (χ3n) is 3.36. The lowest BCUT2D eigenvalue weighted by atomic mass is 10.2. The van der Waals surface area contributed by atoms with Crippen molar-refractivity contribution in [2.45, 2.75) is 19.4 Å². The van der Waals surface area contributed by atoms with E-state index in [1.807, 2.05) is 25.2 Å². The van der Waals surface area contributed by atoms with E-state index in [1.165, 1.54) is 9.75 Å². The van der Waals surface area contributed by atoms with Crippen LogP contribution in [0.25, 0.3) is 0 Å². The summed E-state index contributed by atoms with van der Waals surface area (Å²) in [6, 6.07) is 10.0. The fourth-order valence-electron chi connectivity index (χ4n) is 2.31. The van der Waals surface area contributed by atoms with Gasteiger partial charge in [0.25, 0.3) is 0 Å². The molecule has 0 aliphatic carbocycles. The summed E-state index contributed by atoms with van der Waals surface area (Å²) in [4.78, 5) is 2.53. The van der Waals surface area contributed by atoms with Crippen LogP contribution < -0.4 is 19.5 Å². The van der Waals surface area contributed by atoms with E-state index >= 15 is 0 Å². The first kappa shape index (κ1) is 14.2. The molecule has 0 bridgehead atoms. The van der Waals surface area contributed by atoms with Crippen LogP contribution in [-0.2, 0) is 0 Å². The molecule has 1 aromatic carbocycles. The van der Waals surface area contributed by atoms with E-state index in [-0.39, 0.29) is 12.9 Å². The van der Waals surface area contributed by atoms with Gasteiger partial charge < -0.3 is 19.5 Å². The Kier molecular flexibility index (Phi) is 4.31. The molecule has 3 rings (SSSR count). The second-order valence-electron chi connectivity index (χ2n) is 4.94. The highest BCUT2D eigenvalue weighted by molar-refractivity contribution is 7.12. The third-order valence-corrected chi connectivity index (χ3v) is 4.46. The Labute approximate surface area is 128 Å². The number of hydrogen-bond donors (Lipinski definition) is 1. The van der Waals surface area contributed by atoms with Gasteiger partial charge in [-0.3, -0.25) is 0 Å². The van der Waals surface area contributed by atoms with Gasteiger partial charge in [0.1, 0.15) is 6.10 Å². The summed E-state index contributed by atoms with van der Waals surface area (Å²) >= 11 is 1.77. The van der Waals surface area contributed by atoms with Crippen molar-refractivity contribution in [3.05, 3.63) is 40.1 Å². The van der Waals surface area contributed by atoms with Crippen molar-refractivity contribution < 1.29 is 14.2 Å². The minimum Gasteiger partial charge on any atom is -0.481 e. The SMILES string of the molecule is CNCC[C@H](Oc1cccc2c1OCO2)c1ccc(C)s1. The van der Waals surface area contributed by atoms with E-state index in [1.54, 1.807) is 11.3 Å². The lowest BCUT2D eigenvalue weighted by Crippen LogP contribution is -2.15. The van der Waals surface area contributed by atoms with Gasteiger partial charge >= 0.3 is 0 Å². The first-order valence-corrected chi connectivity index (χ1v) is 7.86. The van der Waals surface area contributed by atoms with Crippen molar-refractivity contribution >= 4 is 11.3 Å². The Morgan fingerprint density at radius 3 is 2.95 bits per heavy atom. The molecule has 2 heterocycles. The minimum absolute atomic E-state index is 0.0202. The molecule has 0 saturated heterocycles. The zero-order chi connectivity index (χ0) is 14.7. The predicted molar refractivity (Wildman–Crippen MR) is 83.5 cm³/mol. The minimum atomic E-state index is 0.0202. The van der Waals surface area contributed by atoms with E-state index in [9.17, 15) is 0 Å². The van der Waals surface area contributed by atoms with Crippen LogP contribution in [-0.4, -0.2) is 20.4 Å². The number of fused-ring (bicyclic) bond motifs is 1. The molecular formula is C16H19NO3S. The maximum Gasteiger partial charge on any atom is 0.231 e. The Balaban J connectivity index is 1.83. The van der Waals surface area contributed by atoms with Crippen LogP contribution in [0.2, 0.25) is 0 Å². The van der Waals surface area contributed by atoms with Gasteiger partial charge in [-0.2, -0.15) is 0 Å². The fourth-order valence-corrected chi connectivity index (χ4v) is 3.25. The van der Waals surface area contributed by atoms with E-state index in [0.717, 1.165) is 24.5 Å². The molecular weight excluding hydrogens is 286 g/mol. The molecule has 4 nitrogen and oxygen atoms in total. The molecule has 0 unspecified atom stereocenters. The van der Waals surface area contributed by atoms with Crippen LogP contribution in [0.3, 0.4) is 0 Å². The zero-order valence-corrected chi connectivity index (χ0v) is 13.0. The topological polar surface area (TPSA) is 39.7 Å². The highest BCUT2D eigenvalue weighted by Gasteiger charge is 2.22. The van der Waals surface area contributed by atoms with Crippen LogP contribution in [0.5, 0.6) is 17.2 Å². The Bertz CT molecular complexity index is 611. The molecule has 1 aromatic heterocycles. The zero-order valence-electron chi connectivity index (χ0n) is 12.2. The second-order valence-corrected chi connectivity index (χ2v) is 6.26. The quantitative estimate of drug-likeness (QED) is 0.886. The molecule has 5 heteroatoms. The molecule has 2 aromatic rings. The number of nitrogens with one attached hydrogen (secondary N) is 1. The third kappa shape index (κ3) is 3.14. The van der Waals surface area contributed by atoms with E-state index < -0.39 is 0 Å². The van der Waals surface area contributed by atoms with Crippen molar-refractivity contribution in [1.29, 1.82) is 0 Å². The lowest BCUT2D eigenvalue weighted by Gasteiger charge is -2.19. The molecule has 0 amide bonds. The molecule has 0 saturated carbocycles. The van der Waals surface area contributed by atoms with Crippen molar-refractivity contribution in [3.63, 3.8) is 0 Å².